The zero-order valence-electron chi connectivity index (χ0n) is 15.2. The molecule has 0 spiro atoms. The minimum absolute atomic E-state index is 0.613. The van der Waals surface area contributed by atoms with Gasteiger partial charge in [0.25, 0.3) is 0 Å². The SMILES string of the molecule is CC1CN=C(N2CCN(c3ncnc4sc(-c5ccccc5)cc34)CC2)S1. The molecule has 1 fully saturated rings. The summed E-state index contributed by atoms with van der Waals surface area (Å²) in [6, 6.07) is 12.8. The van der Waals surface area contributed by atoms with E-state index in [9.17, 15) is 0 Å². The summed E-state index contributed by atoms with van der Waals surface area (Å²) < 4.78 is 0. The molecule has 1 saturated heterocycles. The van der Waals surface area contributed by atoms with Crippen molar-refractivity contribution in [3.63, 3.8) is 0 Å². The number of fused-ring (bicyclic) bond motifs is 1. The predicted octanol–water partition coefficient (Wildman–Crippen LogP) is 3.97. The number of aliphatic imine (C=N–C) groups is 1. The van der Waals surface area contributed by atoms with Crippen LogP contribution in [0, 0.1) is 0 Å². The average Bonchev–Trinajstić information content (AvgIpc) is 3.35. The van der Waals surface area contributed by atoms with Crippen LogP contribution in [0.4, 0.5) is 5.82 Å². The molecule has 1 aromatic carbocycles. The van der Waals surface area contributed by atoms with Gasteiger partial charge in [-0.3, -0.25) is 4.99 Å². The van der Waals surface area contributed by atoms with Crippen LogP contribution in [0.3, 0.4) is 0 Å². The van der Waals surface area contributed by atoms with E-state index in [0.29, 0.717) is 5.25 Å². The molecule has 27 heavy (non-hydrogen) atoms. The van der Waals surface area contributed by atoms with E-state index in [-0.39, 0.29) is 0 Å². The van der Waals surface area contributed by atoms with Crippen LogP contribution < -0.4 is 4.90 Å². The van der Waals surface area contributed by atoms with Gasteiger partial charge in [0.1, 0.15) is 17.0 Å². The highest BCUT2D eigenvalue weighted by molar-refractivity contribution is 8.14. The number of rotatable bonds is 2. The number of hydrogen-bond acceptors (Lipinski definition) is 7. The zero-order chi connectivity index (χ0) is 18.2. The minimum atomic E-state index is 0.613. The van der Waals surface area contributed by atoms with Crippen LogP contribution in [0.5, 0.6) is 0 Å². The number of amidine groups is 1. The molecule has 0 radical (unpaired) electrons. The maximum absolute atomic E-state index is 4.69. The predicted molar refractivity (Wildman–Crippen MR) is 116 cm³/mol. The van der Waals surface area contributed by atoms with E-state index in [1.54, 1.807) is 17.7 Å². The van der Waals surface area contributed by atoms with Crippen molar-refractivity contribution in [1.29, 1.82) is 0 Å². The zero-order valence-corrected chi connectivity index (χ0v) is 16.8. The van der Waals surface area contributed by atoms with Crippen LogP contribution in [0.1, 0.15) is 6.92 Å². The van der Waals surface area contributed by atoms with E-state index in [2.05, 4.69) is 68.1 Å². The van der Waals surface area contributed by atoms with Crippen molar-refractivity contribution in [3.8, 4) is 10.4 Å². The normalized spacial score (nSPS) is 20.3. The summed E-state index contributed by atoms with van der Waals surface area (Å²) in [5.41, 5.74) is 1.24. The van der Waals surface area contributed by atoms with E-state index in [1.807, 2.05) is 11.8 Å². The van der Waals surface area contributed by atoms with Gasteiger partial charge < -0.3 is 9.80 Å². The first kappa shape index (κ1) is 17.0. The molecule has 0 bridgehead atoms. The van der Waals surface area contributed by atoms with Gasteiger partial charge in [0.15, 0.2) is 5.17 Å². The summed E-state index contributed by atoms with van der Waals surface area (Å²) in [6.07, 6.45) is 1.70. The number of anilines is 1. The maximum atomic E-state index is 4.69. The van der Waals surface area contributed by atoms with E-state index in [0.717, 1.165) is 48.8 Å². The number of thioether (sulfide) groups is 1. The Kier molecular flexibility index (Phi) is 4.49. The van der Waals surface area contributed by atoms with Crippen molar-refractivity contribution >= 4 is 44.3 Å². The Morgan fingerprint density at radius 1 is 1.00 bits per heavy atom. The second kappa shape index (κ2) is 7.13. The number of nitrogens with zero attached hydrogens (tertiary/aromatic N) is 5. The third kappa shape index (κ3) is 3.30. The first-order valence-corrected chi connectivity index (χ1v) is 11.0. The monoisotopic (exact) mass is 395 g/mol. The van der Waals surface area contributed by atoms with E-state index >= 15 is 0 Å². The highest BCUT2D eigenvalue weighted by Gasteiger charge is 2.26. The lowest BCUT2D eigenvalue weighted by Crippen LogP contribution is -2.48. The largest absolute Gasteiger partial charge is 0.352 e. The Hall–Kier alpha value is -2.12. The lowest BCUT2D eigenvalue weighted by molar-refractivity contribution is 0.391. The Balaban J connectivity index is 1.38. The van der Waals surface area contributed by atoms with Gasteiger partial charge in [-0.15, -0.1) is 11.3 Å². The van der Waals surface area contributed by atoms with Crippen molar-refractivity contribution in [3.05, 3.63) is 42.7 Å². The molecule has 0 aliphatic carbocycles. The Labute approximate surface area is 167 Å². The fraction of sp³-hybridized carbons (Fsp3) is 0.350. The molecule has 0 amide bonds. The van der Waals surface area contributed by atoms with Gasteiger partial charge in [-0.25, -0.2) is 9.97 Å². The molecule has 0 saturated carbocycles. The molecule has 1 unspecified atom stereocenters. The molecule has 3 aromatic rings. The fourth-order valence-corrected chi connectivity index (χ4v) is 5.57. The highest BCUT2D eigenvalue weighted by atomic mass is 32.2. The van der Waals surface area contributed by atoms with Gasteiger partial charge >= 0.3 is 0 Å². The summed E-state index contributed by atoms with van der Waals surface area (Å²) in [5, 5.41) is 3.00. The molecule has 5 nitrogen and oxygen atoms in total. The molecule has 138 valence electrons. The molecular weight excluding hydrogens is 374 g/mol. The number of aromatic nitrogens is 2. The van der Waals surface area contributed by atoms with E-state index in [4.69, 9.17) is 0 Å². The van der Waals surface area contributed by atoms with Crippen molar-refractivity contribution in [2.45, 2.75) is 12.2 Å². The third-order valence-corrected chi connectivity index (χ3v) is 7.25. The maximum Gasteiger partial charge on any atom is 0.159 e. The first-order valence-electron chi connectivity index (χ1n) is 9.29. The lowest BCUT2D eigenvalue weighted by atomic mass is 10.2. The molecule has 2 aromatic heterocycles. The van der Waals surface area contributed by atoms with Crippen molar-refractivity contribution in [2.75, 3.05) is 37.6 Å². The van der Waals surface area contributed by atoms with Crippen molar-refractivity contribution in [1.82, 2.24) is 14.9 Å². The molecule has 0 N–H and O–H groups in total. The van der Waals surface area contributed by atoms with Gasteiger partial charge in [-0.05, 0) is 11.6 Å². The average molecular weight is 396 g/mol. The van der Waals surface area contributed by atoms with Crippen molar-refractivity contribution < 1.29 is 0 Å². The minimum Gasteiger partial charge on any atom is -0.352 e. The van der Waals surface area contributed by atoms with E-state index in [1.165, 1.54) is 15.6 Å². The Morgan fingerprint density at radius 2 is 1.78 bits per heavy atom. The summed E-state index contributed by atoms with van der Waals surface area (Å²) in [4.78, 5) is 21.0. The first-order chi connectivity index (χ1) is 13.3. The fourth-order valence-electron chi connectivity index (χ4n) is 3.58. The van der Waals surface area contributed by atoms with Gasteiger partial charge in [0.2, 0.25) is 0 Å². The summed E-state index contributed by atoms with van der Waals surface area (Å²) >= 11 is 3.65. The van der Waals surface area contributed by atoms with Gasteiger partial charge in [0, 0.05) is 36.3 Å². The van der Waals surface area contributed by atoms with Crippen molar-refractivity contribution in [2.24, 2.45) is 4.99 Å². The van der Waals surface area contributed by atoms with Crippen LogP contribution in [-0.2, 0) is 0 Å². The number of thiophene rings is 1. The molecule has 2 aliphatic rings. The summed E-state index contributed by atoms with van der Waals surface area (Å²) in [7, 11) is 0. The quantitative estimate of drug-likeness (QED) is 0.657. The van der Waals surface area contributed by atoms with E-state index < -0.39 is 0 Å². The van der Waals surface area contributed by atoms with Gasteiger partial charge in [-0.1, -0.05) is 49.0 Å². The number of benzene rings is 1. The molecular formula is C20H21N5S2. The highest BCUT2D eigenvalue weighted by Crippen LogP contribution is 2.36. The van der Waals surface area contributed by atoms with Gasteiger partial charge in [-0.2, -0.15) is 0 Å². The summed E-state index contributed by atoms with van der Waals surface area (Å²) in [5.74, 6) is 1.06. The molecule has 4 heterocycles. The van der Waals surface area contributed by atoms with Gasteiger partial charge in [0.05, 0.1) is 11.9 Å². The number of piperazine rings is 1. The molecule has 2 aliphatic heterocycles. The Bertz CT molecular complexity index is 976. The third-order valence-electron chi connectivity index (χ3n) is 5.01. The molecule has 5 rings (SSSR count). The topological polar surface area (TPSA) is 44.6 Å². The smallest absolute Gasteiger partial charge is 0.159 e. The summed E-state index contributed by atoms with van der Waals surface area (Å²) in [6.45, 7) is 7.13. The standard InChI is InChI=1S/C20H21N5S2/c1-14-12-21-20(26-14)25-9-7-24(8-10-25)18-16-11-17(15-5-3-2-4-6-15)27-19(16)23-13-22-18/h2-6,11,13-14H,7-10,12H2,1H3. The lowest BCUT2D eigenvalue weighted by Gasteiger charge is -2.36. The van der Waals surface area contributed by atoms with Crippen LogP contribution in [-0.4, -0.2) is 58.0 Å². The van der Waals surface area contributed by atoms with Crippen LogP contribution in [0.15, 0.2) is 47.7 Å². The Morgan fingerprint density at radius 3 is 2.52 bits per heavy atom. The van der Waals surface area contributed by atoms with Crippen LogP contribution >= 0.6 is 23.1 Å². The van der Waals surface area contributed by atoms with Crippen LogP contribution in [0.25, 0.3) is 20.7 Å². The number of hydrogen-bond donors (Lipinski definition) is 0. The second-order valence-electron chi connectivity index (χ2n) is 6.92. The molecule has 1 atom stereocenters. The van der Waals surface area contributed by atoms with Crippen LogP contribution in [0.2, 0.25) is 0 Å². The molecule has 7 heteroatoms. The second-order valence-corrected chi connectivity index (χ2v) is 9.35.